The van der Waals surface area contributed by atoms with E-state index in [1.165, 1.54) is 0 Å². The predicted molar refractivity (Wildman–Crippen MR) is 91.1 cm³/mol. The van der Waals surface area contributed by atoms with Gasteiger partial charge in [0.25, 0.3) is 0 Å². The second kappa shape index (κ2) is 7.85. The molecule has 0 unspecified atom stereocenters. The van der Waals surface area contributed by atoms with Crippen LogP contribution < -0.4 is 5.14 Å². The molecule has 0 atom stereocenters. The van der Waals surface area contributed by atoms with Crippen LogP contribution in [0.5, 0.6) is 0 Å². The van der Waals surface area contributed by atoms with E-state index in [0.29, 0.717) is 0 Å². The van der Waals surface area contributed by atoms with Gasteiger partial charge in [-0.25, -0.2) is 18.5 Å². The van der Waals surface area contributed by atoms with Crippen molar-refractivity contribution in [1.82, 2.24) is 9.97 Å². The fraction of sp³-hybridized carbons (Fsp3) is 0.176. The Bertz CT molecular complexity index is 1000. The minimum atomic E-state index is -3.62. The average Bonchev–Trinajstić information content (AvgIpc) is 2.92. The summed E-state index contributed by atoms with van der Waals surface area (Å²) in [5.74, 6) is 0. The highest BCUT2D eigenvalue weighted by Crippen LogP contribution is 2.16. The van der Waals surface area contributed by atoms with Crippen LogP contribution in [0.15, 0.2) is 47.5 Å². The highest BCUT2D eigenvalue weighted by molar-refractivity contribution is 7.89. The number of sulfonamides is 1. The molecule has 0 radical (unpaired) electrons. The number of aryl methyl sites for hydroxylation is 3. The molecule has 0 fully saturated rings. The topological polar surface area (TPSA) is 123 Å². The van der Waals surface area contributed by atoms with Crippen LogP contribution in [0.3, 0.4) is 0 Å². The van der Waals surface area contributed by atoms with Gasteiger partial charge in [0.1, 0.15) is 5.65 Å². The van der Waals surface area contributed by atoms with Crippen molar-refractivity contribution in [1.29, 1.82) is 0 Å². The lowest BCUT2D eigenvalue weighted by Crippen LogP contribution is -2.11. The van der Waals surface area contributed by atoms with Crippen molar-refractivity contribution >= 4 is 27.2 Å². The maximum Gasteiger partial charge on any atom is 0.373 e. The molecule has 2 heterocycles. The standard InChI is InChI=1S/C16H17N3O2S.CO2/c1-11-8-14-9-13(10-18-16(14)19-11)3-2-12-4-6-15(7-5-12)22(17,20)21;2-1-3/h4-10H,2-3H2,1H3,(H,18,19)(H2,17,20,21);. The third kappa shape index (κ3) is 5.09. The Kier molecular flexibility index (Phi) is 5.82. The molecule has 25 heavy (non-hydrogen) atoms. The third-order valence-corrected chi connectivity index (χ3v) is 4.54. The van der Waals surface area contributed by atoms with E-state index in [2.05, 4.69) is 22.1 Å². The lowest BCUT2D eigenvalue weighted by atomic mass is 10.1. The molecule has 130 valence electrons. The number of fused-ring (bicyclic) bond motifs is 1. The average molecular weight is 359 g/mol. The maximum absolute atomic E-state index is 11.2. The summed E-state index contributed by atoms with van der Waals surface area (Å²) in [6.07, 6.45) is 3.79. The number of rotatable bonds is 4. The first kappa shape index (κ1) is 18.5. The first-order valence-corrected chi connectivity index (χ1v) is 8.93. The Hall–Kier alpha value is -2.80. The summed E-state index contributed by atoms with van der Waals surface area (Å²) in [4.78, 5) is 24.0. The second-order valence-electron chi connectivity index (χ2n) is 5.51. The van der Waals surface area contributed by atoms with Gasteiger partial charge in [0.05, 0.1) is 4.90 Å². The fourth-order valence-corrected chi connectivity index (χ4v) is 2.98. The highest BCUT2D eigenvalue weighted by atomic mass is 32.2. The monoisotopic (exact) mass is 359 g/mol. The normalized spacial score (nSPS) is 10.8. The summed E-state index contributed by atoms with van der Waals surface area (Å²) < 4.78 is 22.4. The van der Waals surface area contributed by atoms with Crippen LogP contribution in [0.25, 0.3) is 11.0 Å². The van der Waals surface area contributed by atoms with E-state index in [1.807, 2.05) is 13.1 Å². The molecule has 0 aliphatic carbocycles. The van der Waals surface area contributed by atoms with Crippen LogP contribution >= 0.6 is 0 Å². The predicted octanol–water partition coefficient (Wildman–Crippen LogP) is 1.72. The minimum Gasteiger partial charge on any atom is -0.344 e. The molecule has 0 spiro atoms. The summed E-state index contributed by atoms with van der Waals surface area (Å²) in [5, 5.41) is 6.20. The van der Waals surface area contributed by atoms with Crippen molar-refractivity contribution in [3.05, 3.63) is 59.4 Å². The molecule has 0 bridgehead atoms. The summed E-state index contributed by atoms with van der Waals surface area (Å²) in [6.45, 7) is 2.01. The van der Waals surface area contributed by atoms with Gasteiger partial charge in [0.2, 0.25) is 10.0 Å². The quantitative estimate of drug-likeness (QED) is 0.734. The Morgan fingerprint density at radius 1 is 1.08 bits per heavy atom. The largest absolute Gasteiger partial charge is 0.373 e. The molecule has 0 aliphatic rings. The number of nitrogens with zero attached hydrogens (tertiary/aromatic N) is 1. The molecule has 0 amide bonds. The molecular formula is C17H17N3O4S. The van der Waals surface area contributed by atoms with Gasteiger partial charge in [-0.1, -0.05) is 12.1 Å². The van der Waals surface area contributed by atoms with E-state index in [9.17, 15) is 8.42 Å². The maximum atomic E-state index is 11.2. The number of primary sulfonamides is 1. The summed E-state index contributed by atoms with van der Waals surface area (Å²) in [5.41, 5.74) is 4.22. The Labute approximate surface area is 144 Å². The van der Waals surface area contributed by atoms with E-state index in [0.717, 1.165) is 40.7 Å². The van der Waals surface area contributed by atoms with E-state index in [1.54, 1.807) is 24.3 Å². The van der Waals surface area contributed by atoms with Gasteiger partial charge in [-0.2, -0.15) is 9.59 Å². The Morgan fingerprint density at radius 2 is 1.68 bits per heavy atom. The van der Waals surface area contributed by atoms with Crippen molar-refractivity contribution in [2.75, 3.05) is 0 Å². The molecule has 2 aromatic heterocycles. The number of H-pyrrole nitrogens is 1. The number of carbonyl (C=O) groups excluding carboxylic acids is 2. The van der Waals surface area contributed by atoms with Crippen molar-refractivity contribution in [3.63, 3.8) is 0 Å². The number of aromatic amines is 1. The van der Waals surface area contributed by atoms with E-state index >= 15 is 0 Å². The lowest BCUT2D eigenvalue weighted by molar-refractivity contribution is -0.191. The molecule has 0 saturated heterocycles. The van der Waals surface area contributed by atoms with Crippen LogP contribution in [0.2, 0.25) is 0 Å². The molecule has 8 heteroatoms. The first-order chi connectivity index (χ1) is 11.8. The molecule has 0 saturated carbocycles. The summed E-state index contributed by atoms with van der Waals surface area (Å²) >= 11 is 0. The smallest absolute Gasteiger partial charge is 0.344 e. The third-order valence-electron chi connectivity index (χ3n) is 3.62. The summed E-state index contributed by atoms with van der Waals surface area (Å²) in [6, 6.07) is 10.9. The second-order valence-corrected chi connectivity index (χ2v) is 7.07. The van der Waals surface area contributed by atoms with E-state index in [-0.39, 0.29) is 11.0 Å². The number of pyridine rings is 1. The van der Waals surface area contributed by atoms with Crippen LogP contribution in [-0.4, -0.2) is 24.5 Å². The minimum absolute atomic E-state index is 0.141. The van der Waals surface area contributed by atoms with Gasteiger partial charge in [-0.3, -0.25) is 0 Å². The molecule has 3 rings (SSSR count). The van der Waals surface area contributed by atoms with Crippen LogP contribution in [0, 0.1) is 6.92 Å². The van der Waals surface area contributed by atoms with Gasteiger partial charge in [0, 0.05) is 17.3 Å². The van der Waals surface area contributed by atoms with Crippen molar-refractivity contribution < 1.29 is 18.0 Å². The van der Waals surface area contributed by atoms with Crippen LogP contribution in [-0.2, 0) is 32.5 Å². The number of hydrogen-bond acceptors (Lipinski definition) is 5. The zero-order valence-corrected chi connectivity index (χ0v) is 14.3. The number of hydrogen-bond donors (Lipinski definition) is 2. The Balaban J connectivity index is 0.000000701. The number of aromatic nitrogens is 2. The SMILES string of the molecule is Cc1cc2cc(CCc3ccc(S(N)(=O)=O)cc3)cnc2[nH]1.O=C=O. The van der Waals surface area contributed by atoms with Crippen molar-refractivity contribution in [3.8, 4) is 0 Å². The first-order valence-electron chi connectivity index (χ1n) is 7.39. The van der Waals surface area contributed by atoms with Crippen molar-refractivity contribution in [2.24, 2.45) is 5.14 Å². The van der Waals surface area contributed by atoms with Crippen LogP contribution in [0.4, 0.5) is 0 Å². The van der Waals surface area contributed by atoms with Gasteiger partial charge >= 0.3 is 6.15 Å². The molecule has 3 aromatic rings. The van der Waals surface area contributed by atoms with Gasteiger partial charge in [-0.05, 0) is 55.2 Å². The molecule has 7 nitrogen and oxygen atoms in total. The highest BCUT2D eigenvalue weighted by Gasteiger charge is 2.07. The molecular weight excluding hydrogens is 342 g/mol. The van der Waals surface area contributed by atoms with E-state index < -0.39 is 10.0 Å². The van der Waals surface area contributed by atoms with Crippen LogP contribution in [0.1, 0.15) is 16.8 Å². The number of nitrogens with one attached hydrogen (secondary N) is 1. The van der Waals surface area contributed by atoms with Crippen molar-refractivity contribution in [2.45, 2.75) is 24.7 Å². The van der Waals surface area contributed by atoms with E-state index in [4.69, 9.17) is 14.7 Å². The summed E-state index contributed by atoms with van der Waals surface area (Å²) in [7, 11) is -3.62. The molecule has 3 N–H and O–H groups in total. The lowest BCUT2D eigenvalue weighted by Gasteiger charge is -2.04. The zero-order chi connectivity index (χ0) is 18.4. The fourth-order valence-electron chi connectivity index (χ4n) is 2.47. The molecule has 1 aromatic carbocycles. The number of benzene rings is 1. The van der Waals surface area contributed by atoms with Gasteiger partial charge in [0.15, 0.2) is 0 Å². The zero-order valence-electron chi connectivity index (χ0n) is 13.5. The molecule has 0 aliphatic heterocycles. The Morgan fingerprint density at radius 3 is 2.28 bits per heavy atom. The number of nitrogens with two attached hydrogens (primary N) is 1. The van der Waals surface area contributed by atoms with Gasteiger partial charge < -0.3 is 4.98 Å². The van der Waals surface area contributed by atoms with Gasteiger partial charge in [-0.15, -0.1) is 0 Å².